The highest BCUT2D eigenvalue weighted by atomic mass is 16.6. The molecule has 0 fully saturated rings. The Bertz CT molecular complexity index is 1280. The Hall–Kier alpha value is -3.78. The van der Waals surface area contributed by atoms with Crippen LogP contribution >= 0.6 is 0 Å². The van der Waals surface area contributed by atoms with E-state index in [0.29, 0.717) is 30.7 Å². The first kappa shape index (κ1) is 38.4. The van der Waals surface area contributed by atoms with Crippen LogP contribution in [0.4, 0.5) is 4.79 Å². The number of likely N-dealkylation sites (N-methyl/N-ethyl adjacent to an activating group) is 1. The molecular weight excluding hydrogens is 596 g/mol. The maximum absolute atomic E-state index is 13.8. The minimum atomic E-state index is -0.991. The molecule has 0 unspecified atom stereocenters. The van der Waals surface area contributed by atoms with Gasteiger partial charge in [-0.3, -0.25) is 9.59 Å². The van der Waals surface area contributed by atoms with Crippen LogP contribution in [0.1, 0.15) is 40.5 Å². The summed E-state index contributed by atoms with van der Waals surface area (Å²) in [6, 6.07) is 0. The lowest BCUT2D eigenvalue weighted by atomic mass is 9.85. The van der Waals surface area contributed by atoms with Gasteiger partial charge >= 0.3 is 6.09 Å². The van der Waals surface area contributed by atoms with E-state index in [4.69, 9.17) is 29.5 Å². The van der Waals surface area contributed by atoms with Crippen LogP contribution in [-0.2, 0) is 33.4 Å². The number of rotatable bonds is 8. The molecule has 0 spiro atoms. The van der Waals surface area contributed by atoms with Crippen LogP contribution in [0.3, 0.4) is 0 Å². The number of nitrogens with zero attached hydrogens (tertiary/aromatic N) is 2. The zero-order valence-corrected chi connectivity index (χ0v) is 28.4. The van der Waals surface area contributed by atoms with Crippen LogP contribution < -0.4 is 11.1 Å². The lowest BCUT2D eigenvalue weighted by molar-refractivity contribution is -0.119. The molecule has 2 aliphatic rings. The van der Waals surface area contributed by atoms with Gasteiger partial charge in [-0.15, -0.1) is 0 Å². The lowest BCUT2D eigenvalue weighted by Gasteiger charge is -2.30. The SMILES string of the molecule is COC1=C2C[C@@H](C)C[C@H](OC)[C@H](O)[C@@H](C)/C=C(\C)[C@H](OC(N)=O)[C@@H](OC)/C=C\C=C(/C)C(=O)NC(=C/C1=N\OCCN(C)C)C2=O. The molecule has 256 valence electrons. The molecule has 1 aliphatic carbocycles. The number of carbonyl (C=O) groups excluding carboxylic acids is 3. The third-order valence-corrected chi connectivity index (χ3v) is 7.75. The molecule has 6 atom stereocenters. The summed E-state index contributed by atoms with van der Waals surface area (Å²) in [5.41, 5.74) is 6.84. The fourth-order valence-electron chi connectivity index (χ4n) is 5.20. The smallest absolute Gasteiger partial charge is 0.405 e. The Morgan fingerprint density at radius 3 is 2.43 bits per heavy atom. The number of nitrogens with one attached hydrogen (secondary N) is 1. The number of ether oxygens (including phenoxy) is 4. The standard InChI is InChI=1S/C33H50N4O9/c1-19-15-23-29(39)24(18-25(31(23)44-9)36-45-14-13-37(5)6)35-32(40)20(2)11-10-12-26(42-7)30(46-33(34)41)22(4)17-21(3)28(38)27(16-19)43-8/h10-12,17-19,21,26-28,30,38H,13-16H2,1-9H3,(H2,34,41)(H,35,40)/b12-10-,20-11+,22-17+,36-25+/t19-,21+,26+,27+,28-,30+/m1/s1. The minimum absolute atomic E-state index is 0.0130. The molecule has 0 saturated carbocycles. The number of oxime groups is 1. The average molecular weight is 647 g/mol. The van der Waals surface area contributed by atoms with Crippen LogP contribution in [0.5, 0.6) is 0 Å². The van der Waals surface area contributed by atoms with Crippen molar-refractivity contribution in [3.05, 3.63) is 58.6 Å². The Kier molecular flexibility index (Phi) is 15.4. The minimum Gasteiger partial charge on any atom is -0.494 e. The van der Waals surface area contributed by atoms with Crippen molar-refractivity contribution in [2.45, 2.75) is 65.0 Å². The Morgan fingerprint density at radius 1 is 1.15 bits per heavy atom. The number of amides is 2. The van der Waals surface area contributed by atoms with Gasteiger partial charge in [0, 0.05) is 37.8 Å². The van der Waals surface area contributed by atoms with E-state index in [1.54, 1.807) is 32.1 Å². The molecule has 0 saturated heterocycles. The van der Waals surface area contributed by atoms with Gasteiger partial charge in [-0.05, 0) is 58.4 Å². The van der Waals surface area contributed by atoms with Crippen molar-refractivity contribution in [2.24, 2.45) is 22.7 Å². The number of hydrogen-bond acceptors (Lipinski definition) is 11. The third-order valence-electron chi connectivity index (χ3n) is 7.75. The molecule has 0 aromatic heterocycles. The first-order chi connectivity index (χ1) is 21.7. The second-order valence-corrected chi connectivity index (χ2v) is 11.8. The summed E-state index contributed by atoms with van der Waals surface area (Å²) in [5, 5.41) is 18.3. The number of aliphatic hydroxyl groups is 1. The number of aliphatic hydroxyl groups excluding tert-OH is 1. The number of fused-ring (bicyclic) bond motifs is 2. The van der Waals surface area contributed by atoms with E-state index in [9.17, 15) is 19.5 Å². The van der Waals surface area contributed by atoms with Crippen LogP contribution in [-0.4, -0.2) is 106 Å². The largest absolute Gasteiger partial charge is 0.494 e. The van der Waals surface area contributed by atoms with Gasteiger partial charge in [-0.2, -0.15) is 0 Å². The summed E-state index contributed by atoms with van der Waals surface area (Å²) in [6.45, 7) is 8.00. The molecule has 0 aromatic rings. The predicted molar refractivity (Wildman–Crippen MR) is 173 cm³/mol. The molecule has 4 N–H and O–H groups in total. The highest BCUT2D eigenvalue weighted by molar-refractivity contribution is 6.24. The number of hydrogen-bond donors (Lipinski definition) is 3. The second-order valence-electron chi connectivity index (χ2n) is 11.8. The maximum Gasteiger partial charge on any atom is 0.405 e. The molecule has 2 rings (SSSR count). The topological polar surface area (TPSA) is 171 Å². The molecular formula is C33H50N4O9. The molecule has 1 heterocycles. The summed E-state index contributed by atoms with van der Waals surface area (Å²) >= 11 is 0. The van der Waals surface area contributed by atoms with Crippen molar-refractivity contribution >= 4 is 23.5 Å². The number of Topliss-reactive ketones (excluding diaryl/α,β-unsaturated/α-hetero) is 1. The summed E-state index contributed by atoms with van der Waals surface area (Å²) in [5.74, 6) is -1.30. The number of nitrogens with two attached hydrogens (primary N) is 1. The number of ketones is 1. The fraction of sp³-hybridized carbons (Fsp3) is 0.576. The van der Waals surface area contributed by atoms with Crippen LogP contribution in [0, 0.1) is 11.8 Å². The number of allylic oxidation sites excluding steroid dienone is 4. The van der Waals surface area contributed by atoms with Crippen LogP contribution in [0.25, 0.3) is 0 Å². The number of primary amides is 1. The zero-order valence-electron chi connectivity index (χ0n) is 28.4. The van der Waals surface area contributed by atoms with Gasteiger partial charge in [0.15, 0.2) is 11.9 Å². The van der Waals surface area contributed by atoms with Gasteiger partial charge in [0.1, 0.15) is 18.4 Å². The highest BCUT2D eigenvalue weighted by Gasteiger charge is 2.33. The summed E-state index contributed by atoms with van der Waals surface area (Å²) < 4.78 is 22.4. The normalized spacial score (nSPS) is 30.9. The Labute approximate surface area is 271 Å². The van der Waals surface area contributed by atoms with Gasteiger partial charge in [-0.1, -0.05) is 43.3 Å². The summed E-state index contributed by atoms with van der Waals surface area (Å²) in [4.78, 5) is 46.3. The van der Waals surface area contributed by atoms with Crippen LogP contribution in [0.2, 0.25) is 0 Å². The zero-order chi connectivity index (χ0) is 34.6. The van der Waals surface area contributed by atoms with Crippen molar-refractivity contribution in [2.75, 3.05) is 48.6 Å². The van der Waals surface area contributed by atoms with E-state index < -0.39 is 48.1 Å². The summed E-state index contributed by atoms with van der Waals surface area (Å²) in [7, 11) is 8.22. The molecule has 0 aromatic carbocycles. The number of methoxy groups -OCH3 is 3. The lowest BCUT2D eigenvalue weighted by Crippen LogP contribution is -2.37. The Balaban J connectivity index is 2.66. The molecule has 2 amide bonds. The van der Waals surface area contributed by atoms with E-state index in [2.05, 4.69) is 10.5 Å². The Morgan fingerprint density at radius 2 is 1.85 bits per heavy atom. The van der Waals surface area contributed by atoms with Crippen LogP contribution in [0.15, 0.2) is 63.7 Å². The van der Waals surface area contributed by atoms with E-state index >= 15 is 0 Å². The van der Waals surface area contributed by atoms with E-state index in [-0.39, 0.29) is 35.1 Å². The predicted octanol–water partition coefficient (Wildman–Crippen LogP) is 2.77. The quantitative estimate of drug-likeness (QED) is 0.154. The van der Waals surface area contributed by atoms with Gasteiger partial charge in [0.05, 0.1) is 25.0 Å². The van der Waals surface area contributed by atoms with E-state index in [0.717, 1.165) is 0 Å². The van der Waals surface area contributed by atoms with Gasteiger partial charge < -0.3 is 44.8 Å². The van der Waals surface area contributed by atoms with Crippen molar-refractivity contribution in [1.29, 1.82) is 0 Å². The van der Waals surface area contributed by atoms with Gasteiger partial charge in [-0.25, -0.2) is 4.79 Å². The number of carbonyl (C=O) groups is 3. The first-order valence-corrected chi connectivity index (χ1v) is 15.2. The first-order valence-electron chi connectivity index (χ1n) is 15.2. The van der Waals surface area contributed by atoms with E-state index in [1.807, 2.05) is 32.8 Å². The van der Waals surface area contributed by atoms with Gasteiger partial charge in [0.2, 0.25) is 5.78 Å². The van der Waals surface area contributed by atoms with Crippen molar-refractivity contribution in [3.8, 4) is 0 Å². The highest BCUT2D eigenvalue weighted by Crippen LogP contribution is 2.30. The summed E-state index contributed by atoms with van der Waals surface area (Å²) in [6.07, 6.45) is 4.34. The molecule has 1 aliphatic heterocycles. The van der Waals surface area contributed by atoms with Crippen molar-refractivity contribution < 1.29 is 43.3 Å². The van der Waals surface area contributed by atoms with Crippen molar-refractivity contribution in [3.63, 3.8) is 0 Å². The fourth-order valence-corrected chi connectivity index (χ4v) is 5.20. The maximum atomic E-state index is 13.8. The third kappa shape index (κ3) is 10.9. The molecule has 13 heteroatoms. The second kappa shape index (κ2) is 18.4. The monoisotopic (exact) mass is 646 g/mol. The average Bonchev–Trinajstić information content (AvgIpc) is 3.00. The van der Waals surface area contributed by atoms with Crippen molar-refractivity contribution in [1.82, 2.24) is 10.2 Å². The molecule has 2 bridgehead atoms. The molecule has 13 nitrogen and oxygen atoms in total. The van der Waals surface area contributed by atoms with E-state index in [1.165, 1.54) is 33.5 Å². The molecule has 46 heavy (non-hydrogen) atoms. The molecule has 0 radical (unpaired) electrons. The van der Waals surface area contributed by atoms with Gasteiger partial charge in [0.25, 0.3) is 5.91 Å².